The first-order valence-corrected chi connectivity index (χ1v) is 6.24. The van der Waals surface area contributed by atoms with Gasteiger partial charge in [-0.3, -0.25) is 0 Å². The molecule has 0 saturated carbocycles. The molecule has 0 fully saturated rings. The molecule has 0 heterocycles. The Morgan fingerprint density at radius 1 is 1.06 bits per heavy atom. The molecule has 0 amide bonds. The highest BCUT2D eigenvalue weighted by Gasteiger charge is 2.05. The van der Waals surface area contributed by atoms with E-state index in [1.54, 1.807) is 6.07 Å². The van der Waals surface area contributed by atoms with Crippen molar-refractivity contribution in [3.8, 4) is 11.1 Å². The SMILES string of the molecule is OCCCc1ccc(-c2cc(Cl)ccc2F)cc1. The van der Waals surface area contributed by atoms with Crippen molar-refractivity contribution < 1.29 is 9.50 Å². The van der Waals surface area contributed by atoms with Crippen molar-refractivity contribution in [2.45, 2.75) is 12.8 Å². The van der Waals surface area contributed by atoms with E-state index in [0.29, 0.717) is 10.6 Å². The first kappa shape index (κ1) is 13.1. The summed E-state index contributed by atoms with van der Waals surface area (Å²) >= 11 is 5.87. The Bertz CT molecular complexity index is 523. The van der Waals surface area contributed by atoms with E-state index in [1.807, 2.05) is 24.3 Å². The van der Waals surface area contributed by atoms with E-state index in [-0.39, 0.29) is 12.4 Å². The standard InChI is InChI=1S/C15H14ClFO/c16-13-7-8-15(17)14(10-13)12-5-3-11(4-6-12)2-1-9-18/h3-8,10,18H,1-2,9H2. The zero-order valence-electron chi connectivity index (χ0n) is 9.87. The summed E-state index contributed by atoms with van der Waals surface area (Å²) in [5, 5.41) is 9.29. The summed E-state index contributed by atoms with van der Waals surface area (Å²) in [6.07, 6.45) is 1.57. The van der Waals surface area contributed by atoms with Crippen molar-refractivity contribution in [3.63, 3.8) is 0 Å². The van der Waals surface area contributed by atoms with E-state index >= 15 is 0 Å². The molecule has 0 unspecified atom stereocenters. The van der Waals surface area contributed by atoms with E-state index in [4.69, 9.17) is 16.7 Å². The Kier molecular flexibility index (Phi) is 4.34. The van der Waals surface area contributed by atoms with Crippen LogP contribution in [0.3, 0.4) is 0 Å². The monoisotopic (exact) mass is 264 g/mol. The normalized spacial score (nSPS) is 10.6. The summed E-state index contributed by atoms with van der Waals surface area (Å²) in [5.41, 5.74) is 2.45. The predicted molar refractivity (Wildman–Crippen MR) is 72.3 cm³/mol. The van der Waals surface area contributed by atoms with E-state index in [1.165, 1.54) is 12.1 Å². The van der Waals surface area contributed by atoms with Crippen LogP contribution in [0.4, 0.5) is 4.39 Å². The van der Waals surface area contributed by atoms with Gasteiger partial charge in [0, 0.05) is 17.2 Å². The Hall–Kier alpha value is -1.38. The van der Waals surface area contributed by atoms with Crippen LogP contribution < -0.4 is 0 Å². The lowest BCUT2D eigenvalue weighted by Gasteiger charge is -2.06. The maximum Gasteiger partial charge on any atom is 0.131 e. The number of aryl methyl sites for hydroxylation is 1. The van der Waals surface area contributed by atoms with Crippen molar-refractivity contribution in [1.82, 2.24) is 0 Å². The first-order chi connectivity index (χ1) is 8.70. The number of aliphatic hydroxyl groups is 1. The number of hydrogen-bond donors (Lipinski definition) is 1. The topological polar surface area (TPSA) is 20.2 Å². The van der Waals surface area contributed by atoms with Gasteiger partial charge in [-0.2, -0.15) is 0 Å². The first-order valence-electron chi connectivity index (χ1n) is 5.86. The van der Waals surface area contributed by atoms with E-state index in [2.05, 4.69) is 0 Å². The molecular formula is C15H14ClFO. The fraction of sp³-hybridized carbons (Fsp3) is 0.200. The molecule has 2 aromatic carbocycles. The van der Waals surface area contributed by atoms with Gasteiger partial charge in [-0.05, 0) is 42.2 Å². The quantitative estimate of drug-likeness (QED) is 0.883. The Morgan fingerprint density at radius 2 is 1.78 bits per heavy atom. The van der Waals surface area contributed by atoms with Crippen LogP contribution in [-0.4, -0.2) is 11.7 Å². The van der Waals surface area contributed by atoms with E-state index in [0.717, 1.165) is 24.0 Å². The summed E-state index contributed by atoms with van der Waals surface area (Å²) in [5.74, 6) is -0.275. The van der Waals surface area contributed by atoms with Crippen molar-refractivity contribution >= 4 is 11.6 Å². The number of halogens is 2. The maximum atomic E-state index is 13.7. The van der Waals surface area contributed by atoms with Crippen LogP contribution in [0.1, 0.15) is 12.0 Å². The molecule has 0 aliphatic carbocycles. The van der Waals surface area contributed by atoms with Gasteiger partial charge in [-0.15, -0.1) is 0 Å². The fourth-order valence-corrected chi connectivity index (χ4v) is 2.02. The Morgan fingerprint density at radius 3 is 2.44 bits per heavy atom. The lowest BCUT2D eigenvalue weighted by molar-refractivity contribution is 0.288. The molecule has 0 aliphatic heterocycles. The molecule has 0 aliphatic rings. The van der Waals surface area contributed by atoms with E-state index < -0.39 is 0 Å². The Balaban J connectivity index is 2.25. The van der Waals surface area contributed by atoms with Crippen molar-refractivity contribution in [1.29, 1.82) is 0 Å². The average molecular weight is 265 g/mol. The van der Waals surface area contributed by atoms with Crippen LogP contribution in [0.25, 0.3) is 11.1 Å². The fourth-order valence-electron chi connectivity index (χ4n) is 1.85. The molecule has 0 spiro atoms. The second kappa shape index (κ2) is 5.98. The lowest BCUT2D eigenvalue weighted by Crippen LogP contribution is -1.90. The molecule has 0 bridgehead atoms. The highest BCUT2D eigenvalue weighted by molar-refractivity contribution is 6.30. The van der Waals surface area contributed by atoms with Gasteiger partial charge in [0.05, 0.1) is 0 Å². The minimum absolute atomic E-state index is 0.185. The minimum Gasteiger partial charge on any atom is -0.396 e. The molecule has 1 N–H and O–H groups in total. The highest BCUT2D eigenvalue weighted by atomic mass is 35.5. The average Bonchev–Trinajstić information content (AvgIpc) is 2.40. The van der Waals surface area contributed by atoms with Gasteiger partial charge < -0.3 is 5.11 Å². The van der Waals surface area contributed by atoms with Crippen LogP contribution in [0.2, 0.25) is 5.02 Å². The molecule has 2 aromatic rings. The van der Waals surface area contributed by atoms with Crippen LogP contribution in [0.5, 0.6) is 0 Å². The van der Waals surface area contributed by atoms with Gasteiger partial charge in [0.25, 0.3) is 0 Å². The summed E-state index contributed by atoms with van der Waals surface area (Å²) in [4.78, 5) is 0. The smallest absolute Gasteiger partial charge is 0.131 e. The summed E-state index contributed by atoms with van der Waals surface area (Å²) < 4.78 is 13.7. The van der Waals surface area contributed by atoms with E-state index in [9.17, 15) is 4.39 Å². The molecular weight excluding hydrogens is 251 g/mol. The zero-order chi connectivity index (χ0) is 13.0. The third-order valence-electron chi connectivity index (χ3n) is 2.82. The molecule has 2 rings (SSSR count). The predicted octanol–water partition coefficient (Wildman–Crippen LogP) is 4.07. The molecule has 0 aromatic heterocycles. The second-order valence-corrected chi connectivity index (χ2v) is 4.58. The van der Waals surface area contributed by atoms with Gasteiger partial charge in [0.15, 0.2) is 0 Å². The maximum absolute atomic E-state index is 13.7. The zero-order valence-corrected chi connectivity index (χ0v) is 10.6. The molecule has 1 nitrogen and oxygen atoms in total. The number of aliphatic hydroxyl groups excluding tert-OH is 1. The van der Waals surface area contributed by atoms with Gasteiger partial charge >= 0.3 is 0 Å². The van der Waals surface area contributed by atoms with Crippen LogP contribution in [-0.2, 0) is 6.42 Å². The third-order valence-corrected chi connectivity index (χ3v) is 3.05. The highest BCUT2D eigenvalue weighted by Crippen LogP contribution is 2.26. The van der Waals surface area contributed by atoms with Crippen molar-refractivity contribution in [3.05, 3.63) is 58.9 Å². The number of rotatable bonds is 4. The third kappa shape index (κ3) is 3.09. The molecule has 3 heteroatoms. The molecule has 18 heavy (non-hydrogen) atoms. The molecule has 94 valence electrons. The number of benzene rings is 2. The Labute approximate surface area is 111 Å². The van der Waals surface area contributed by atoms with Gasteiger partial charge in [0.2, 0.25) is 0 Å². The summed E-state index contributed by atoms with van der Waals surface area (Å²) in [6.45, 7) is 0.185. The van der Waals surface area contributed by atoms with Crippen LogP contribution in [0.15, 0.2) is 42.5 Å². The second-order valence-electron chi connectivity index (χ2n) is 4.15. The van der Waals surface area contributed by atoms with Crippen LogP contribution in [0, 0.1) is 5.82 Å². The minimum atomic E-state index is -0.275. The molecule has 0 radical (unpaired) electrons. The van der Waals surface area contributed by atoms with Gasteiger partial charge in [0.1, 0.15) is 5.82 Å². The van der Waals surface area contributed by atoms with Gasteiger partial charge in [-0.25, -0.2) is 4.39 Å². The summed E-state index contributed by atoms with van der Waals surface area (Å²) in [6, 6.07) is 12.2. The summed E-state index contributed by atoms with van der Waals surface area (Å²) in [7, 11) is 0. The lowest BCUT2D eigenvalue weighted by atomic mass is 10.0. The molecule has 0 saturated heterocycles. The largest absolute Gasteiger partial charge is 0.396 e. The van der Waals surface area contributed by atoms with Crippen LogP contribution >= 0.6 is 11.6 Å². The van der Waals surface area contributed by atoms with Gasteiger partial charge in [-0.1, -0.05) is 35.9 Å². The van der Waals surface area contributed by atoms with Crippen molar-refractivity contribution in [2.75, 3.05) is 6.61 Å². The number of hydrogen-bond acceptors (Lipinski definition) is 1. The molecule has 0 atom stereocenters. The van der Waals surface area contributed by atoms with Crippen molar-refractivity contribution in [2.24, 2.45) is 0 Å².